The summed E-state index contributed by atoms with van der Waals surface area (Å²) in [5.41, 5.74) is 1.31. The van der Waals surface area contributed by atoms with Gasteiger partial charge < -0.3 is 14.9 Å². The van der Waals surface area contributed by atoms with Crippen LogP contribution in [0.4, 0.5) is 0 Å². The molecule has 5 heteroatoms. The van der Waals surface area contributed by atoms with E-state index in [0.717, 1.165) is 36.8 Å². The molecular weight excluding hydrogens is 452 g/mol. The highest BCUT2D eigenvalue weighted by atomic mass is 16.5. The summed E-state index contributed by atoms with van der Waals surface area (Å²) in [4.78, 5) is 25.7. The molecule has 3 saturated carbocycles. The third-order valence-electron chi connectivity index (χ3n) is 12.1. The summed E-state index contributed by atoms with van der Waals surface area (Å²) in [5.74, 6) is -0.579. The van der Waals surface area contributed by atoms with Gasteiger partial charge in [0.05, 0.1) is 18.1 Å². The highest BCUT2D eigenvalue weighted by molar-refractivity contribution is 6.06. The summed E-state index contributed by atoms with van der Waals surface area (Å²) in [6.45, 7) is 15.0. The average Bonchev–Trinajstić information content (AvgIpc) is 2.80. The van der Waals surface area contributed by atoms with E-state index in [2.05, 4.69) is 39.8 Å². The van der Waals surface area contributed by atoms with Gasteiger partial charge in [-0.2, -0.15) is 0 Å². The molecule has 5 rings (SSSR count). The molecular formula is C31H42O5. The van der Waals surface area contributed by atoms with Crippen molar-refractivity contribution >= 4 is 11.8 Å². The summed E-state index contributed by atoms with van der Waals surface area (Å²) >= 11 is 0. The number of rotatable bonds is 1. The van der Waals surface area contributed by atoms with Crippen molar-refractivity contribution in [3.05, 3.63) is 46.3 Å². The number of methoxy groups -OCH3 is 1. The minimum absolute atomic E-state index is 0.125. The van der Waals surface area contributed by atoms with Gasteiger partial charge in [0, 0.05) is 11.0 Å². The molecule has 196 valence electrons. The van der Waals surface area contributed by atoms with Gasteiger partial charge in [-0.15, -0.1) is 0 Å². The first-order valence-electron chi connectivity index (χ1n) is 13.4. The number of fused-ring (bicyclic) bond motifs is 7. The number of ether oxygens (including phenoxy) is 1. The predicted molar refractivity (Wildman–Crippen MR) is 139 cm³/mol. The number of ketones is 1. The molecule has 2 N–H and O–H groups in total. The van der Waals surface area contributed by atoms with E-state index in [1.807, 2.05) is 20.8 Å². The number of aliphatic hydroxyl groups excluding tert-OH is 1. The van der Waals surface area contributed by atoms with Gasteiger partial charge in [-0.1, -0.05) is 45.4 Å². The summed E-state index contributed by atoms with van der Waals surface area (Å²) in [5, 5.41) is 22.2. The number of carbonyl (C=O) groups excluding carboxylic acids is 2. The minimum atomic E-state index is -0.990. The third kappa shape index (κ3) is 2.81. The van der Waals surface area contributed by atoms with Crippen LogP contribution in [-0.2, 0) is 14.3 Å². The van der Waals surface area contributed by atoms with Crippen LogP contribution in [0.15, 0.2) is 46.3 Å². The molecule has 3 fully saturated rings. The molecule has 0 saturated heterocycles. The molecule has 5 nitrogen and oxygen atoms in total. The van der Waals surface area contributed by atoms with Crippen molar-refractivity contribution in [3.8, 4) is 0 Å². The first-order chi connectivity index (χ1) is 16.5. The fraction of sp³-hybridized carbons (Fsp3) is 0.677. The molecule has 0 bridgehead atoms. The van der Waals surface area contributed by atoms with Crippen molar-refractivity contribution in [2.45, 2.75) is 92.6 Å². The zero-order valence-corrected chi connectivity index (χ0v) is 23.2. The standard InChI is InChI=1S/C31H42O5/c1-18-19-9-10-22-27(3,20(19)15-21(32)24(18)33)11-12-29(5)23-16-26(2,25(34)36-8)17-31(7,35)30(23,6)14-13-28(22,29)4/h9-10,15,23,33,35H,11-14,16-17H2,1-8H3/t23-,26-,27-,28+,29-,30+,31+/m0/s1. The number of hydrogen-bond acceptors (Lipinski definition) is 5. The summed E-state index contributed by atoms with van der Waals surface area (Å²) in [6, 6.07) is 0. The lowest BCUT2D eigenvalue weighted by Gasteiger charge is -2.72. The molecule has 0 aromatic rings. The molecule has 0 unspecified atom stereocenters. The molecule has 0 aromatic carbocycles. The Morgan fingerprint density at radius 2 is 1.64 bits per heavy atom. The Morgan fingerprint density at radius 1 is 1.00 bits per heavy atom. The number of aliphatic hydroxyl groups is 2. The van der Waals surface area contributed by atoms with Gasteiger partial charge in [-0.3, -0.25) is 9.59 Å². The van der Waals surface area contributed by atoms with Gasteiger partial charge in [-0.25, -0.2) is 0 Å². The number of hydrogen-bond donors (Lipinski definition) is 2. The Balaban J connectivity index is 1.67. The van der Waals surface area contributed by atoms with Crippen molar-refractivity contribution < 1.29 is 24.5 Å². The summed E-state index contributed by atoms with van der Waals surface area (Å²) in [7, 11) is 1.44. The van der Waals surface area contributed by atoms with Gasteiger partial charge in [0.15, 0.2) is 5.76 Å². The Labute approximate surface area is 215 Å². The fourth-order valence-electron chi connectivity index (χ4n) is 9.46. The maximum Gasteiger partial charge on any atom is 0.311 e. The van der Waals surface area contributed by atoms with E-state index in [1.165, 1.54) is 12.7 Å². The highest BCUT2D eigenvalue weighted by Gasteiger charge is 2.71. The van der Waals surface area contributed by atoms with Gasteiger partial charge in [-0.05, 0) is 98.7 Å². The van der Waals surface area contributed by atoms with Crippen molar-refractivity contribution in [1.29, 1.82) is 0 Å². The molecule has 7 atom stereocenters. The maximum absolute atomic E-state index is 13.0. The largest absolute Gasteiger partial charge is 0.504 e. The molecule has 5 aliphatic rings. The van der Waals surface area contributed by atoms with Gasteiger partial charge in [0.2, 0.25) is 5.78 Å². The predicted octanol–water partition coefficient (Wildman–Crippen LogP) is 6.15. The molecule has 0 aromatic heterocycles. The van der Waals surface area contributed by atoms with Crippen molar-refractivity contribution in [2.75, 3.05) is 7.11 Å². The lowest BCUT2D eigenvalue weighted by atomic mass is 9.32. The van der Waals surface area contributed by atoms with Crippen molar-refractivity contribution in [2.24, 2.45) is 33.0 Å². The van der Waals surface area contributed by atoms with Crippen molar-refractivity contribution in [1.82, 2.24) is 0 Å². The lowest BCUT2D eigenvalue weighted by Crippen LogP contribution is -2.68. The van der Waals surface area contributed by atoms with E-state index in [4.69, 9.17) is 4.74 Å². The number of carbonyl (C=O) groups is 2. The van der Waals surface area contributed by atoms with E-state index in [1.54, 1.807) is 6.08 Å². The second-order valence-corrected chi connectivity index (χ2v) is 13.8. The lowest BCUT2D eigenvalue weighted by molar-refractivity contribution is -0.244. The molecule has 0 spiro atoms. The van der Waals surface area contributed by atoms with Crippen LogP contribution in [0.2, 0.25) is 0 Å². The van der Waals surface area contributed by atoms with E-state index in [-0.39, 0.29) is 45.1 Å². The van der Waals surface area contributed by atoms with E-state index in [9.17, 15) is 19.8 Å². The van der Waals surface area contributed by atoms with E-state index < -0.39 is 11.0 Å². The SMILES string of the molecule is COC(=O)[C@@]1(C)C[C@H]2[C@]3(C)CC[C@@]4(C)C5=CC(=O)C(O)=C(C)C5=CC=C4[C@@]3(C)CC[C@@]2(C)[C@](C)(O)C1. The fourth-order valence-corrected chi connectivity index (χ4v) is 9.46. The average molecular weight is 495 g/mol. The monoisotopic (exact) mass is 494 g/mol. The molecule has 0 heterocycles. The first kappa shape index (κ1) is 25.5. The number of allylic oxidation sites excluding steroid dienone is 7. The smallest absolute Gasteiger partial charge is 0.311 e. The summed E-state index contributed by atoms with van der Waals surface area (Å²) < 4.78 is 5.25. The zero-order valence-electron chi connectivity index (χ0n) is 23.2. The maximum atomic E-state index is 13.0. The van der Waals surface area contributed by atoms with Crippen LogP contribution < -0.4 is 0 Å². The Kier molecular flexibility index (Phi) is 5.13. The van der Waals surface area contributed by atoms with E-state index >= 15 is 0 Å². The van der Waals surface area contributed by atoms with Gasteiger partial charge >= 0.3 is 5.97 Å². The van der Waals surface area contributed by atoms with Crippen LogP contribution in [0.5, 0.6) is 0 Å². The van der Waals surface area contributed by atoms with Gasteiger partial charge in [0.25, 0.3) is 0 Å². The normalized spacial score (nSPS) is 48.0. The van der Waals surface area contributed by atoms with Crippen LogP contribution in [0.1, 0.15) is 87.0 Å². The Bertz CT molecular complexity index is 1200. The summed E-state index contributed by atoms with van der Waals surface area (Å²) in [6.07, 6.45) is 10.7. The molecule has 5 aliphatic carbocycles. The molecule has 0 amide bonds. The molecule has 36 heavy (non-hydrogen) atoms. The zero-order chi connectivity index (χ0) is 26.7. The quantitative estimate of drug-likeness (QED) is 0.427. The van der Waals surface area contributed by atoms with Crippen LogP contribution in [-0.4, -0.2) is 34.7 Å². The Hall–Kier alpha value is -2.14. The second-order valence-electron chi connectivity index (χ2n) is 13.8. The first-order valence-corrected chi connectivity index (χ1v) is 13.4. The molecule has 0 aliphatic heterocycles. The Morgan fingerprint density at radius 3 is 2.28 bits per heavy atom. The van der Waals surface area contributed by atoms with Crippen LogP contribution in [0.25, 0.3) is 0 Å². The van der Waals surface area contributed by atoms with Crippen LogP contribution in [0, 0.1) is 33.0 Å². The highest BCUT2D eigenvalue weighted by Crippen LogP contribution is 2.76. The van der Waals surface area contributed by atoms with Gasteiger partial charge in [0.1, 0.15) is 0 Å². The van der Waals surface area contributed by atoms with E-state index in [0.29, 0.717) is 18.4 Å². The molecule has 0 radical (unpaired) electrons. The van der Waals surface area contributed by atoms with Crippen molar-refractivity contribution in [3.63, 3.8) is 0 Å². The minimum Gasteiger partial charge on any atom is -0.504 e. The van der Waals surface area contributed by atoms with Crippen LogP contribution in [0.3, 0.4) is 0 Å². The third-order valence-corrected chi connectivity index (χ3v) is 12.1. The second kappa shape index (κ2) is 7.24. The number of esters is 1. The van der Waals surface area contributed by atoms with Crippen LogP contribution >= 0.6 is 0 Å². The topological polar surface area (TPSA) is 83.8 Å².